The van der Waals surface area contributed by atoms with Gasteiger partial charge in [-0.05, 0) is 55.9 Å². The quantitative estimate of drug-likeness (QED) is 0.930. The number of carbonyl (C=O) groups is 1. The molecule has 0 bridgehead atoms. The zero-order valence-electron chi connectivity index (χ0n) is 14.9. The SMILES string of the molecule is COc1ccc([C@@H]2C[C@@H]2C(=O)N2CCC[C@H](c3cc(C)[nH]n3)C2)cc1. The van der Waals surface area contributed by atoms with E-state index in [1.54, 1.807) is 7.11 Å². The molecular weight excluding hydrogens is 314 g/mol. The number of hydrogen-bond donors (Lipinski definition) is 1. The van der Waals surface area contributed by atoms with Crippen molar-refractivity contribution in [3.63, 3.8) is 0 Å². The van der Waals surface area contributed by atoms with Crippen molar-refractivity contribution in [3.8, 4) is 5.75 Å². The van der Waals surface area contributed by atoms with Crippen molar-refractivity contribution in [2.24, 2.45) is 5.92 Å². The van der Waals surface area contributed by atoms with Crippen molar-refractivity contribution in [1.29, 1.82) is 0 Å². The molecule has 4 rings (SSSR count). The number of piperidine rings is 1. The van der Waals surface area contributed by atoms with Gasteiger partial charge in [0.2, 0.25) is 5.91 Å². The van der Waals surface area contributed by atoms with E-state index in [2.05, 4.69) is 33.3 Å². The Bertz CT molecular complexity index is 753. The van der Waals surface area contributed by atoms with E-state index in [1.165, 1.54) is 5.56 Å². The maximum atomic E-state index is 12.9. The number of aromatic amines is 1. The number of aryl methyl sites for hydroxylation is 1. The molecule has 5 heteroatoms. The lowest BCUT2D eigenvalue weighted by atomic mass is 9.94. The lowest BCUT2D eigenvalue weighted by Gasteiger charge is -2.32. The van der Waals surface area contributed by atoms with E-state index in [-0.39, 0.29) is 5.92 Å². The number of nitrogens with one attached hydrogen (secondary N) is 1. The summed E-state index contributed by atoms with van der Waals surface area (Å²) in [5.74, 6) is 2.05. The van der Waals surface area contributed by atoms with Crippen LogP contribution >= 0.6 is 0 Å². The van der Waals surface area contributed by atoms with Gasteiger partial charge in [-0.25, -0.2) is 0 Å². The number of H-pyrrole nitrogens is 1. The summed E-state index contributed by atoms with van der Waals surface area (Å²) in [4.78, 5) is 15.0. The fraction of sp³-hybridized carbons (Fsp3) is 0.500. The summed E-state index contributed by atoms with van der Waals surface area (Å²) >= 11 is 0. The van der Waals surface area contributed by atoms with Gasteiger partial charge in [-0.2, -0.15) is 5.10 Å². The van der Waals surface area contributed by atoms with Crippen LogP contribution in [0.1, 0.15) is 48.0 Å². The average Bonchev–Trinajstić information content (AvgIpc) is 3.34. The van der Waals surface area contributed by atoms with Crippen LogP contribution in [-0.2, 0) is 4.79 Å². The second-order valence-corrected chi connectivity index (χ2v) is 7.32. The van der Waals surface area contributed by atoms with Gasteiger partial charge in [0, 0.05) is 30.6 Å². The molecule has 25 heavy (non-hydrogen) atoms. The Kier molecular flexibility index (Phi) is 4.24. The molecule has 0 unspecified atom stereocenters. The van der Waals surface area contributed by atoms with Crippen molar-refractivity contribution in [2.45, 2.75) is 38.0 Å². The van der Waals surface area contributed by atoms with Gasteiger partial charge in [0.15, 0.2) is 0 Å². The number of nitrogens with zero attached hydrogens (tertiary/aromatic N) is 2. The second kappa shape index (κ2) is 6.54. The number of aromatic nitrogens is 2. The average molecular weight is 339 g/mol. The van der Waals surface area contributed by atoms with Crippen molar-refractivity contribution >= 4 is 5.91 Å². The molecule has 1 amide bonds. The smallest absolute Gasteiger partial charge is 0.226 e. The van der Waals surface area contributed by atoms with Crippen LogP contribution in [0.4, 0.5) is 0 Å². The summed E-state index contributed by atoms with van der Waals surface area (Å²) in [5, 5.41) is 7.42. The molecular formula is C20H25N3O2. The standard InChI is InChI=1S/C20H25N3O2/c1-13-10-19(22-21-13)15-4-3-9-23(12-15)20(24)18-11-17(18)14-5-7-16(25-2)8-6-14/h5-8,10,15,17-18H,3-4,9,11-12H2,1-2H3,(H,21,22)/t15-,17-,18-/m0/s1. The minimum Gasteiger partial charge on any atom is -0.497 e. The number of rotatable bonds is 4. The molecule has 1 aliphatic carbocycles. The Hall–Kier alpha value is -2.30. The molecule has 132 valence electrons. The topological polar surface area (TPSA) is 58.2 Å². The van der Waals surface area contributed by atoms with Crippen LogP contribution in [0.25, 0.3) is 0 Å². The summed E-state index contributed by atoms with van der Waals surface area (Å²) in [6.45, 7) is 3.70. The molecule has 1 aromatic carbocycles. The number of ether oxygens (including phenoxy) is 1. The molecule has 2 aliphatic rings. The number of carbonyl (C=O) groups excluding carboxylic acids is 1. The summed E-state index contributed by atoms with van der Waals surface area (Å²) in [5.41, 5.74) is 3.42. The summed E-state index contributed by atoms with van der Waals surface area (Å²) in [7, 11) is 1.67. The Morgan fingerprint density at radius 3 is 2.80 bits per heavy atom. The highest BCUT2D eigenvalue weighted by molar-refractivity contribution is 5.83. The van der Waals surface area contributed by atoms with E-state index < -0.39 is 0 Å². The molecule has 1 N–H and O–H groups in total. The Morgan fingerprint density at radius 2 is 2.12 bits per heavy atom. The van der Waals surface area contributed by atoms with Crippen LogP contribution in [-0.4, -0.2) is 41.2 Å². The zero-order valence-corrected chi connectivity index (χ0v) is 14.9. The largest absolute Gasteiger partial charge is 0.497 e. The van der Waals surface area contributed by atoms with Gasteiger partial charge in [0.1, 0.15) is 5.75 Å². The fourth-order valence-electron chi connectivity index (χ4n) is 3.99. The van der Waals surface area contributed by atoms with E-state index in [4.69, 9.17) is 4.74 Å². The molecule has 1 saturated heterocycles. The molecule has 2 heterocycles. The Labute approximate surface area is 148 Å². The van der Waals surface area contributed by atoms with Crippen molar-refractivity contribution in [1.82, 2.24) is 15.1 Å². The van der Waals surface area contributed by atoms with Gasteiger partial charge >= 0.3 is 0 Å². The number of amides is 1. The normalized spacial score (nSPS) is 25.7. The third-order valence-corrected chi connectivity index (χ3v) is 5.53. The first-order valence-corrected chi connectivity index (χ1v) is 9.10. The summed E-state index contributed by atoms with van der Waals surface area (Å²) < 4.78 is 5.21. The number of likely N-dealkylation sites (tertiary alicyclic amines) is 1. The van der Waals surface area contributed by atoms with E-state index in [0.29, 0.717) is 17.7 Å². The fourth-order valence-corrected chi connectivity index (χ4v) is 3.99. The second-order valence-electron chi connectivity index (χ2n) is 7.32. The monoisotopic (exact) mass is 339 g/mol. The van der Waals surface area contributed by atoms with Gasteiger partial charge < -0.3 is 9.64 Å². The summed E-state index contributed by atoms with van der Waals surface area (Å²) in [6, 6.07) is 10.2. The minimum atomic E-state index is 0.146. The van der Waals surface area contributed by atoms with Gasteiger partial charge in [0.05, 0.1) is 12.8 Å². The summed E-state index contributed by atoms with van der Waals surface area (Å²) in [6.07, 6.45) is 3.14. The van der Waals surface area contributed by atoms with Crippen LogP contribution in [0, 0.1) is 12.8 Å². The third kappa shape index (κ3) is 3.28. The van der Waals surface area contributed by atoms with Crippen LogP contribution in [0.15, 0.2) is 30.3 Å². The van der Waals surface area contributed by atoms with Crippen molar-refractivity contribution < 1.29 is 9.53 Å². The first-order valence-electron chi connectivity index (χ1n) is 9.10. The lowest BCUT2D eigenvalue weighted by molar-refractivity contribution is -0.133. The van der Waals surface area contributed by atoms with Gasteiger partial charge in [-0.3, -0.25) is 9.89 Å². The van der Waals surface area contributed by atoms with E-state index >= 15 is 0 Å². The van der Waals surface area contributed by atoms with Crippen LogP contribution in [0.3, 0.4) is 0 Å². The molecule has 5 nitrogen and oxygen atoms in total. The molecule has 0 radical (unpaired) electrons. The predicted octanol–water partition coefficient (Wildman–Crippen LogP) is 3.24. The minimum absolute atomic E-state index is 0.146. The zero-order chi connectivity index (χ0) is 17.4. The first kappa shape index (κ1) is 16.2. The van der Waals surface area contributed by atoms with Gasteiger partial charge in [0.25, 0.3) is 0 Å². The highest BCUT2D eigenvalue weighted by Crippen LogP contribution is 2.49. The highest BCUT2D eigenvalue weighted by Gasteiger charge is 2.46. The lowest BCUT2D eigenvalue weighted by Crippen LogP contribution is -2.40. The number of benzene rings is 1. The third-order valence-electron chi connectivity index (χ3n) is 5.53. The van der Waals surface area contributed by atoms with Crippen molar-refractivity contribution in [2.75, 3.05) is 20.2 Å². The Morgan fingerprint density at radius 1 is 1.32 bits per heavy atom. The molecule has 1 aromatic heterocycles. The maximum absolute atomic E-state index is 12.9. The van der Waals surface area contributed by atoms with E-state index in [0.717, 1.165) is 49.5 Å². The van der Waals surface area contributed by atoms with Crippen molar-refractivity contribution in [3.05, 3.63) is 47.3 Å². The molecule has 1 aliphatic heterocycles. The highest BCUT2D eigenvalue weighted by atomic mass is 16.5. The van der Waals surface area contributed by atoms with Gasteiger partial charge in [-0.1, -0.05) is 12.1 Å². The predicted molar refractivity (Wildman–Crippen MR) is 95.7 cm³/mol. The van der Waals surface area contributed by atoms with Crippen LogP contribution in [0.5, 0.6) is 5.75 Å². The van der Waals surface area contributed by atoms with Crippen LogP contribution < -0.4 is 4.74 Å². The maximum Gasteiger partial charge on any atom is 0.226 e. The number of methoxy groups -OCH3 is 1. The molecule has 2 fully saturated rings. The molecule has 0 spiro atoms. The number of hydrogen-bond acceptors (Lipinski definition) is 3. The first-order chi connectivity index (χ1) is 12.2. The Balaban J connectivity index is 1.39. The molecule has 3 atom stereocenters. The molecule has 1 saturated carbocycles. The van der Waals surface area contributed by atoms with Crippen LogP contribution in [0.2, 0.25) is 0 Å². The van der Waals surface area contributed by atoms with E-state index in [1.807, 2.05) is 19.1 Å². The molecule has 2 aromatic rings. The van der Waals surface area contributed by atoms with Gasteiger partial charge in [-0.15, -0.1) is 0 Å². The van der Waals surface area contributed by atoms with E-state index in [9.17, 15) is 4.79 Å².